The minimum Gasteiger partial charge on any atom is -0.379 e. The molecule has 0 aromatic heterocycles. The van der Waals surface area contributed by atoms with Gasteiger partial charge in [-0.2, -0.15) is 0 Å². The lowest BCUT2D eigenvalue weighted by Gasteiger charge is -2.08. The first-order valence-corrected chi connectivity index (χ1v) is 4.96. The van der Waals surface area contributed by atoms with Crippen molar-refractivity contribution in [2.75, 3.05) is 26.4 Å². The molecule has 0 aliphatic heterocycles. The van der Waals surface area contributed by atoms with Gasteiger partial charge < -0.3 is 9.47 Å². The molecule has 1 atom stereocenters. The Labute approximate surface area is 76.3 Å². The average Bonchev–Trinajstić information content (AvgIpc) is 2.10. The summed E-state index contributed by atoms with van der Waals surface area (Å²) in [5.74, 6) is 0.789. The van der Waals surface area contributed by atoms with Crippen LogP contribution in [0.1, 0.15) is 33.6 Å². The summed E-state index contributed by atoms with van der Waals surface area (Å²) in [4.78, 5) is 0. The zero-order valence-electron chi connectivity index (χ0n) is 8.64. The Morgan fingerprint density at radius 2 is 1.67 bits per heavy atom. The van der Waals surface area contributed by atoms with Gasteiger partial charge in [-0.3, -0.25) is 0 Å². The summed E-state index contributed by atoms with van der Waals surface area (Å²) in [6, 6.07) is 0. The van der Waals surface area contributed by atoms with Crippen LogP contribution in [0.4, 0.5) is 0 Å². The van der Waals surface area contributed by atoms with Crippen LogP contribution >= 0.6 is 0 Å². The van der Waals surface area contributed by atoms with E-state index in [0.29, 0.717) is 0 Å². The third-order valence-electron chi connectivity index (χ3n) is 2.03. The van der Waals surface area contributed by atoms with Crippen molar-refractivity contribution < 1.29 is 9.47 Å². The summed E-state index contributed by atoms with van der Waals surface area (Å²) in [6.45, 7) is 9.61. The van der Waals surface area contributed by atoms with Crippen LogP contribution in [0.15, 0.2) is 0 Å². The predicted octanol–water partition coefficient (Wildman–Crippen LogP) is 2.48. The molecular weight excluding hydrogens is 152 g/mol. The Kier molecular flexibility index (Phi) is 8.95. The molecule has 0 N–H and O–H groups in total. The summed E-state index contributed by atoms with van der Waals surface area (Å²) >= 11 is 0. The highest BCUT2D eigenvalue weighted by Crippen LogP contribution is 2.05. The average molecular weight is 174 g/mol. The van der Waals surface area contributed by atoms with Crippen LogP contribution in [-0.2, 0) is 9.47 Å². The summed E-state index contributed by atoms with van der Waals surface area (Å²) in [5.41, 5.74) is 0. The summed E-state index contributed by atoms with van der Waals surface area (Å²) in [6.07, 6.45) is 2.41. The van der Waals surface area contributed by atoms with Gasteiger partial charge in [0.15, 0.2) is 0 Å². The molecule has 0 heterocycles. The minimum atomic E-state index is 0.733. The fraction of sp³-hybridized carbons (Fsp3) is 1.00. The van der Waals surface area contributed by atoms with E-state index in [4.69, 9.17) is 9.47 Å². The maximum absolute atomic E-state index is 5.38. The fourth-order valence-electron chi connectivity index (χ4n) is 0.853. The Morgan fingerprint density at radius 3 is 2.25 bits per heavy atom. The topological polar surface area (TPSA) is 18.5 Å². The second kappa shape index (κ2) is 9.01. The Hall–Kier alpha value is -0.0800. The normalized spacial score (nSPS) is 13.2. The molecule has 12 heavy (non-hydrogen) atoms. The van der Waals surface area contributed by atoms with Gasteiger partial charge in [0.05, 0.1) is 13.2 Å². The van der Waals surface area contributed by atoms with E-state index >= 15 is 0 Å². The third kappa shape index (κ3) is 8.02. The number of hydrogen-bond donors (Lipinski definition) is 0. The van der Waals surface area contributed by atoms with E-state index in [2.05, 4.69) is 13.8 Å². The largest absolute Gasteiger partial charge is 0.379 e. The Morgan fingerprint density at radius 1 is 1.00 bits per heavy atom. The predicted molar refractivity (Wildman–Crippen MR) is 51.4 cm³/mol. The lowest BCUT2D eigenvalue weighted by atomic mass is 10.1. The van der Waals surface area contributed by atoms with Crippen LogP contribution in [0, 0.1) is 5.92 Å². The third-order valence-corrected chi connectivity index (χ3v) is 2.03. The van der Waals surface area contributed by atoms with Gasteiger partial charge in [0.2, 0.25) is 0 Å². The van der Waals surface area contributed by atoms with Crippen LogP contribution in [0.3, 0.4) is 0 Å². The molecule has 0 aromatic rings. The molecule has 1 unspecified atom stereocenters. The first kappa shape index (κ1) is 11.9. The lowest BCUT2D eigenvalue weighted by Crippen LogP contribution is -2.07. The summed E-state index contributed by atoms with van der Waals surface area (Å²) in [7, 11) is 0. The van der Waals surface area contributed by atoms with E-state index in [0.717, 1.165) is 32.3 Å². The highest BCUT2D eigenvalue weighted by Gasteiger charge is 1.97. The van der Waals surface area contributed by atoms with Crippen LogP contribution in [0.2, 0.25) is 0 Å². The molecule has 74 valence electrons. The van der Waals surface area contributed by atoms with E-state index in [1.54, 1.807) is 0 Å². The van der Waals surface area contributed by atoms with Gasteiger partial charge in [0.25, 0.3) is 0 Å². The molecule has 0 bridgehead atoms. The molecule has 2 heteroatoms. The van der Waals surface area contributed by atoms with E-state index in [1.165, 1.54) is 12.8 Å². The number of hydrogen-bond acceptors (Lipinski definition) is 2. The first-order chi connectivity index (χ1) is 5.81. The lowest BCUT2D eigenvalue weighted by molar-refractivity contribution is 0.0480. The maximum Gasteiger partial charge on any atom is 0.0700 e. The molecule has 0 saturated carbocycles. The van der Waals surface area contributed by atoms with Gasteiger partial charge in [0, 0.05) is 13.2 Å². The molecule has 0 spiro atoms. The monoisotopic (exact) mass is 174 g/mol. The highest BCUT2D eigenvalue weighted by molar-refractivity contribution is 4.47. The smallest absolute Gasteiger partial charge is 0.0700 e. The van der Waals surface area contributed by atoms with Gasteiger partial charge >= 0.3 is 0 Å². The van der Waals surface area contributed by atoms with Crippen molar-refractivity contribution in [1.82, 2.24) is 0 Å². The molecule has 0 fully saturated rings. The van der Waals surface area contributed by atoms with Gasteiger partial charge in [-0.25, -0.2) is 0 Å². The molecule has 0 aromatic carbocycles. The van der Waals surface area contributed by atoms with Gasteiger partial charge in [-0.05, 0) is 19.3 Å². The molecule has 2 nitrogen and oxygen atoms in total. The maximum atomic E-state index is 5.38. The van der Waals surface area contributed by atoms with Crippen molar-refractivity contribution >= 4 is 0 Å². The second-order valence-electron chi connectivity index (χ2n) is 3.11. The number of ether oxygens (including phenoxy) is 2. The first-order valence-electron chi connectivity index (χ1n) is 4.96. The molecule has 0 rings (SSSR count). The molecule has 0 radical (unpaired) electrons. The van der Waals surface area contributed by atoms with E-state index < -0.39 is 0 Å². The van der Waals surface area contributed by atoms with Crippen molar-refractivity contribution in [3.05, 3.63) is 0 Å². The standard InChI is InChI=1S/C10H22O2/c1-4-10(3)6-7-12-9-8-11-5-2/h10H,4-9H2,1-3H3. The van der Waals surface area contributed by atoms with Crippen LogP contribution < -0.4 is 0 Å². The van der Waals surface area contributed by atoms with Crippen LogP contribution in [0.5, 0.6) is 0 Å². The quantitative estimate of drug-likeness (QED) is 0.526. The molecule has 0 saturated heterocycles. The van der Waals surface area contributed by atoms with E-state index in [1.807, 2.05) is 6.92 Å². The van der Waals surface area contributed by atoms with Crippen molar-refractivity contribution in [2.45, 2.75) is 33.6 Å². The molecule has 0 amide bonds. The Balaban J connectivity index is 2.90. The van der Waals surface area contributed by atoms with Crippen molar-refractivity contribution in [1.29, 1.82) is 0 Å². The highest BCUT2D eigenvalue weighted by atomic mass is 16.5. The Bertz CT molecular complexity index is 83.9. The van der Waals surface area contributed by atoms with Gasteiger partial charge in [-0.15, -0.1) is 0 Å². The molecule has 0 aliphatic carbocycles. The molecular formula is C10H22O2. The van der Waals surface area contributed by atoms with Crippen molar-refractivity contribution in [3.8, 4) is 0 Å². The minimum absolute atomic E-state index is 0.733. The van der Waals surface area contributed by atoms with Crippen LogP contribution in [0.25, 0.3) is 0 Å². The zero-order valence-corrected chi connectivity index (χ0v) is 8.64. The second-order valence-corrected chi connectivity index (χ2v) is 3.11. The van der Waals surface area contributed by atoms with Crippen LogP contribution in [-0.4, -0.2) is 26.4 Å². The van der Waals surface area contributed by atoms with Gasteiger partial charge in [-0.1, -0.05) is 20.3 Å². The fourth-order valence-corrected chi connectivity index (χ4v) is 0.853. The summed E-state index contributed by atoms with van der Waals surface area (Å²) in [5, 5.41) is 0. The van der Waals surface area contributed by atoms with E-state index in [-0.39, 0.29) is 0 Å². The van der Waals surface area contributed by atoms with Gasteiger partial charge in [0.1, 0.15) is 0 Å². The van der Waals surface area contributed by atoms with Crippen molar-refractivity contribution in [2.24, 2.45) is 5.92 Å². The van der Waals surface area contributed by atoms with E-state index in [9.17, 15) is 0 Å². The van der Waals surface area contributed by atoms with Crippen molar-refractivity contribution in [3.63, 3.8) is 0 Å². The summed E-state index contributed by atoms with van der Waals surface area (Å²) < 4.78 is 10.5. The zero-order chi connectivity index (χ0) is 9.23. The number of rotatable bonds is 8. The SMILES string of the molecule is CCOCCOCCC(C)CC. The molecule has 0 aliphatic rings.